The van der Waals surface area contributed by atoms with E-state index in [0.717, 1.165) is 40.9 Å². The Morgan fingerprint density at radius 2 is 1.73 bits per heavy atom. The lowest BCUT2D eigenvalue weighted by molar-refractivity contribution is 0.0708. The average molecular weight is 450 g/mol. The topological polar surface area (TPSA) is 59.8 Å². The maximum atomic E-state index is 10.6. The predicted molar refractivity (Wildman–Crippen MR) is 130 cm³/mol. The van der Waals surface area contributed by atoms with Crippen LogP contribution in [0.4, 0.5) is 0 Å². The van der Waals surface area contributed by atoms with Crippen molar-refractivity contribution < 1.29 is 14.6 Å². The highest BCUT2D eigenvalue weighted by molar-refractivity contribution is 5.44. The molecule has 1 fully saturated rings. The van der Waals surface area contributed by atoms with Gasteiger partial charge in [0.25, 0.3) is 0 Å². The molecular formula is C27H35N3O3. The van der Waals surface area contributed by atoms with E-state index in [1.165, 1.54) is 12.8 Å². The molecule has 1 N–H and O–H groups in total. The SMILES string of the molecule is COc1ccc(Oc2c(CN(CC3CC3)C[C@@H](O)C(C)C)c(C)nn2-c2ccccc2)cc1. The second-order valence-corrected chi connectivity index (χ2v) is 9.34. The van der Waals surface area contributed by atoms with E-state index in [4.69, 9.17) is 14.6 Å². The van der Waals surface area contributed by atoms with Crippen LogP contribution in [-0.4, -0.2) is 46.1 Å². The number of aromatic nitrogens is 2. The number of aliphatic hydroxyl groups is 1. The van der Waals surface area contributed by atoms with Crippen LogP contribution in [0.15, 0.2) is 54.6 Å². The molecule has 2 aromatic carbocycles. The first-order chi connectivity index (χ1) is 15.9. The van der Waals surface area contributed by atoms with Gasteiger partial charge in [-0.2, -0.15) is 5.10 Å². The Bertz CT molecular complexity index is 1030. The number of aliphatic hydroxyl groups excluding tert-OH is 1. The molecule has 176 valence electrons. The fourth-order valence-corrected chi connectivity index (χ4v) is 3.89. The number of nitrogens with zero attached hydrogens (tertiary/aromatic N) is 3. The lowest BCUT2D eigenvalue weighted by Crippen LogP contribution is -2.36. The van der Waals surface area contributed by atoms with Gasteiger partial charge in [-0.1, -0.05) is 32.0 Å². The highest BCUT2D eigenvalue weighted by Gasteiger charge is 2.28. The van der Waals surface area contributed by atoms with E-state index < -0.39 is 0 Å². The third-order valence-corrected chi connectivity index (χ3v) is 6.22. The molecule has 1 heterocycles. The van der Waals surface area contributed by atoms with E-state index in [1.54, 1.807) is 7.11 Å². The van der Waals surface area contributed by atoms with E-state index in [0.29, 0.717) is 19.0 Å². The van der Waals surface area contributed by atoms with Gasteiger partial charge in [0.1, 0.15) is 11.5 Å². The largest absolute Gasteiger partial charge is 0.497 e. The molecule has 0 amide bonds. The molecule has 0 saturated heterocycles. The van der Waals surface area contributed by atoms with Gasteiger partial charge in [0, 0.05) is 19.6 Å². The van der Waals surface area contributed by atoms with E-state index >= 15 is 0 Å². The van der Waals surface area contributed by atoms with Gasteiger partial charge in [-0.05, 0) is 68.0 Å². The number of para-hydroxylation sites is 1. The molecule has 4 rings (SSSR count). The smallest absolute Gasteiger partial charge is 0.227 e. The predicted octanol–water partition coefficient (Wildman–Crippen LogP) is 5.21. The van der Waals surface area contributed by atoms with Gasteiger partial charge in [-0.15, -0.1) is 0 Å². The lowest BCUT2D eigenvalue weighted by atomic mass is 10.1. The number of benzene rings is 2. The van der Waals surface area contributed by atoms with Crippen molar-refractivity contribution in [2.75, 3.05) is 20.2 Å². The number of hydrogen-bond donors (Lipinski definition) is 1. The van der Waals surface area contributed by atoms with Crippen LogP contribution in [0.25, 0.3) is 5.69 Å². The molecule has 33 heavy (non-hydrogen) atoms. The van der Waals surface area contributed by atoms with Gasteiger partial charge in [-0.3, -0.25) is 4.90 Å². The average Bonchev–Trinajstić information content (AvgIpc) is 3.59. The molecule has 1 aliphatic rings. The minimum absolute atomic E-state index is 0.217. The van der Waals surface area contributed by atoms with Crippen molar-refractivity contribution >= 4 is 0 Å². The Morgan fingerprint density at radius 1 is 1.06 bits per heavy atom. The van der Waals surface area contributed by atoms with E-state index in [9.17, 15) is 5.11 Å². The third-order valence-electron chi connectivity index (χ3n) is 6.22. The number of methoxy groups -OCH3 is 1. The van der Waals surface area contributed by atoms with Crippen LogP contribution in [0.2, 0.25) is 0 Å². The fourth-order valence-electron chi connectivity index (χ4n) is 3.89. The Balaban J connectivity index is 1.68. The molecule has 6 nitrogen and oxygen atoms in total. The summed E-state index contributed by atoms with van der Waals surface area (Å²) in [5.41, 5.74) is 2.93. The third kappa shape index (κ3) is 5.95. The van der Waals surface area contributed by atoms with Gasteiger partial charge < -0.3 is 14.6 Å². The van der Waals surface area contributed by atoms with Crippen LogP contribution in [0.1, 0.15) is 37.9 Å². The molecule has 1 aromatic heterocycles. The first-order valence-corrected chi connectivity index (χ1v) is 11.8. The fraction of sp³-hybridized carbons (Fsp3) is 0.444. The molecule has 0 unspecified atom stereocenters. The van der Waals surface area contributed by atoms with Crippen molar-refractivity contribution in [2.24, 2.45) is 11.8 Å². The molecule has 0 radical (unpaired) electrons. The second-order valence-electron chi connectivity index (χ2n) is 9.34. The summed E-state index contributed by atoms with van der Waals surface area (Å²) in [6.07, 6.45) is 2.18. The summed E-state index contributed by atoms with van der Waals surface area (Å²) in [5.74, 6) is 3.16. The monoisotopic (exact) mass is 449 g/mol. The summed E-state index contributed by atoms with van der Waals surface area (Å²) in [5, 5.41) is 15.5. The zero-order chi connectivity index (χ0) is 23.4. The van der Waals surface area contributed by atoms with Gasteiger partial charge in [-0.25, -0.2) is 4.68 Å². The summed E-state index contributed by atoms with van der Waals surface area (Å²) in [6, 6.07) is 17.7. The second kappa shape index (κ2) is 10.4. The first kappa shape index (κ1) is 23.3. The number of ether oxygens (including phenoxy) is 2. The van der Waals surface area contributed by atoms with Gasteiger partial charge in [0.15, 0.2) is 0 Å². The summed E-state index contributed by atoms with van der Waals surface area (Å²) in [4.78, 5) is 2.36. The van der Waals surface area contributed by atoms with Crippen LogP contribution in [-0.2, 0) is 6.54 Å². The van der Waals surface area contributed by atoms with Crippen molar-refractivity contribution in [2.45, 2.75) is 46.3 Å². The molecule has 1 aliphatic carbocycles. The van der Waals surface area contributed by atoms with Crippen LogP contribution in [0, 0.1) is 18.8 Å². The van der Waals surface area contributed by atoms with E-state index in [2.05, 4.69) is 18.7 Å². The zero-order valence-corrected chi connectivity index (χ0v) is 20.1. The van der Waals surface area contributed by atoms with Crippen molar-refractivity contribution in [1.29, 1.82) is 0 Å². The normalized spacial score (nSPS) is 14.6. The van der Waals surface area contributed by atoms with Crippen molar-refractivity contribution in [3.8, 4) is 23.1 Å². The van der Waals surface area contributed by atoms with Crippen molar-refractivity contribution in [3.63, 3.8) is 0 Å². The summed E-state index contributed by atoms with van der Waals surface area (Å²) < 4.78 is 13.6. The van der Waals surface area contributed by atoms with Gasteiger partial charge in [0.2, 0.25) is 5.88 Å². The Labute approximate surface area is 196 Å². The zero-order valence-electron chi connectivity index (χ0n) is 20.1. The standard InChI is InChI=1S/C27H35N3O3/c1-19(2)26(31)18-29(16-21-10-11-21)17-25-20(3)28-30(22-8-6-5-7-9-22)27(25)33-24-14-12-23(32-4)13-15-24/h5-9,12-15,19,21,26,31H,10-11,16-18H2,1-4H3/t26-/m1/s1. The van der Waals surface area contributed by atoms with Crippen LogP contribution in [0.5, 0.6) is 17.4 Å². The summed E-state index contributed by atoms with van der Waals surface area (Å²) in [7, 11) is 1.65. The lowest BCUT2D eigenvalue weighted by Gasteiger charge is -2.27. The van der Waals surface area contributed by atoms with Crippen LogP contribution >= 0.6 is 0 Å². The van der Waals surface area contributed by atoms with Crippen LogP contribution in [0.3, 0.4) is 0 Å². The highest BCUT2D eigenvalue weighted by atomic mass is 16.5. The molecule has 3 aromatic rings. The first-order valence-electron chi connectivity index (χ1n) is 11.8. The minimum atomic E-state index is -0.362. The molecule has 1 atom stereocenters. The van der Waals surface area contributed by atoms with Gasteiger partial charge in [0.05, 0.1) is 30.2 Å². The molecule has 0 bridgehead atoms. The molecular weight excluding hydrogens is 414 g/mol. The molecule has 0 spiro atoms. The minimum Gasteiger partial charge on any atom is -0.497 e. The number of rotatable bonds is 11. The Morgan fingerprint density at radius 3 is 2.33 bits per heavy atom. The van der Waals surface area contributed by atoms with Gasteiger partial charge >= 0.3 is 0 Å². The van der Waals surface area contributed by atoms with Crippen molar-refractivity contribution in [3.05, 3.63) is 65.9 Å². The maximum absolute atomic E-state index is 10.6. The number of aryl methyl sites for hydroxylation is 1. The Kier molecular flexibility index (Phi) is 7.36. The molecule has 0 aliphatic heterocycles. The maximum Gasteiger partial charge on any atom is 0.227 e. The van der Waals surface area contributed by atoms with E-state index in [-0.39, 0.29) is 12.0 Å². The summed E-state index contributed by atoms with van der Waals surface area (Å²) >= 11 is 0. The highest BCUT2D eigenvalue weighted by Crippen LogP contribution is 2.34. The molecule has 1 saturated carbocycles. The van der Waals surface area contributed by atoms with E-state index in [1.807, 2.05) is 66.2 Å². The van der Waals surface area contributed by atoms with Crippen molar-refractivity contribution in [1.82, 2.24) is 14.7 Å². The quantitative estimate of drug-likeness (QED) is 0.435. The van der Waals surface area contributed by atoms with Crippen LogP contribution < -0.4 is 9.47 Å². The summed E-state index contributed by atoms with van der Waals surface area (Å²) in [6.45, 7) is 8.48. The number of hydrogen-bond acceptors (Lipinski definition) is 5. The molecule has 6 heteroatoms. The Hall–Kier alpha value is -2.83.